The van der Waals surface area contributed by atoms with Crippen molar-refractivity contribution in [2.75, 3.05) is 13.1 Å². The van der Waals surface area contributed by atoms with Crippen LogP contribution in [-0.2, 0) is 0 Å². The molecule has 2 amide bonds. The van der Waals surface area contributed by atoms with Crippen molar-refractivity contribution in [2.24, 2.45) is 0 Å². The number of likely N-dealkylation sites (tertiary alicyclic amines) is 1. The summed E-state index contributed by atoms with van der Waals surface area (Å²) >= 11 is 0. The lowest BCUT2D eigenvalue weighted by Crippen LogP contribution is -2.45. The maximum atomic E-state index is 12.3. The van der Waals surface area contributed by atoms with Crippen molar-refractivity contribution in [3.05, 3.63) is 23.9 Å². The topological polar surface area (TPSA) is 110 Å². The van der Waals surface area contributed by atoms with Crippen molar-refractivity contribution >= 4 is 6.03 Å². The summed E-state index contributed by atoms with van der Waals surface area (Å²) in [5.41, 5.74) is 0. The zero-order chi connectivity index (χ0) is 15.5. The Morgan fingerprint density at radius 3 is 2.77 bits per heavy atom. The Morgan fingerprint density at radius 2 is 2.18 bits per heavy atom. The van der Waals surface area contributed by atoms with Gasteiger partial charge in [-0.1, -0.05) is 10.3 Å². The minimum absolute atomic E-state index is 0.130. The van der Waals surface area contributed by atoms with Gasteiger partial charge in [-0.05, 0) is 26.7 Å². The first-order chi connectivity index (χ1) is 10.6. The van der Waals surface area contributed by atoms with Crippen molar-refractivity contribution in [2.45, 2.75) is 38.6 Å². The second-order valence-electron chi connectivity index (χ2n) is 5.40. The zero-order valence-corrected chi connectivity index (χ0v) is 12.5. The quantitative estimate of drug-likeness (QED) is 0.912. The average Bonchev–Trinajstić information content (AvgIpc) is 3.18. The molecular formula is C13H18N6O3. The van der Waals surface area contributed by atoms with Gasteiger partial charge in [0.25, 0.3) is 0 Å². The molecule has 3 heterocycles. The number of carbonyl (C=O) groups excluding carboxylic acids is 1. The molecule has 2 aromatic rings. The molecule has 1 unspecified atom stereocenters. The predicted molar refractivity (Wildman–Crippen MR) is 73.8 cm³/mol. The third-order valence-electron chi connectivity index (χ3n) is 3.78. The van der Waals surface area contributed by atoms with Crippen molar-refractivity contribution in [1.29, 1.82) is 0 Å². The summed E-state index contributed by atoms with van der Waals surface area (Å²) in [6, 6.07) is -0.446. The van der Waals surface area contributed by atoms with E-state index in [4.69, 9.17) is 9.05 Å². The fraction of sp³-hybridized carbons (Fsp3) is 0.615. The first-order valence-electron chi connectivity index (χ1n) is 7.25. The molecule has 0 aromatic carbocycles. The lowest BCUT2D eigenvalue weighted by atomic mass is 9.96. The number of carbonyl (C=O) groups is 1. The second kappa shape index (κ2) is 6.12. The standard InChI is InChI=1S/C13H18N6O3/c1-8(12-16-9(2)17-22-12)15-13(20)19-5-3-10(4-6-19)11-14-7-21-18-11/h7-8,10H,3-6H2,1-2H3,(H,15,20). The molecule has 0 bridgehead atoms. The van der Waals surface area contributed by atoms with E-state index in [0.717, 1.165) is 18.7 Å². The summed E-state index contributed by atoms with van der Waals surface area (Å²) in [4.78, 5) is 22.2. The van der Waals surface area contributed by atoms with E-state index in [-0.39, 0.29) is 18.0 Å². The first kappa shape index (κ1) is 14.5. The highest BCUT2D eigenvalue weighted by atomic mass is 16.5. The Hall–Kier alpha value is -2.45. The highest BCUT2D eigenvalue weighted by Crippen LogP contribution is 2.25. The van der Waals surface area contributed by atoms with Crippen LogP contribution >= 0.6 is 0 Å². The number of nitrogens with one attached hydrogen (secondary N) is 1. The molecule has 3 rings (SSSR count). The summed E-state index contributed by atoms with van der Waals surface area (Å²) in [5.74, 6) is 1.93. The summed E-state index contributed by atoms with van der Waals surface area (Å²) in [5, 5.41) is 10.5. The van der Waals surface area contributed by atoms with Crippen LogP contribution in [0.4, 0.5) is 4.79 Å². The van der Waals surface area contributed by atoms with E-state index >= 15 is 0 Å². The summed E-state index contributed by atoms with van der Waals surface area (Å²) < 4.78 is 9.83. The van der Waals surface area contributed by atoms with Crippen LogP contribution in [0.3, 0.4) is 0 Å². The molecule has 0 radical (unpaired) electrons. The number of nitrogens with zero attached hydrogens (tertiary/aromatic N) is 5. The van der Waals surface area contributed by atoms with Gasteiger partial charge < -0.3 is 19.3 Å². The van der Waals surface area contributed by atoms with Crippen LogP contribution in [0.2, 0.25) is 0 Å². The summed E-state index contributed by atoms with van der Waals surface area (Å²) in [6.07, 6.45) is 2.98. The lowest BCUT2D eigenvalue weighted by Gasteiger charge is -2.31. The van der Waals surface area contributed by atoms with Crippen molar-refractivity contribution in [3.63, 3.8) is 0 Å². The molecule has 9 nitrogen and oxygen atoms in total. The molecule has 2 aromatic heterocycles. The number of hydrogen-bond donors (Lipinski definition) is 1. The highest BCUT2D eigenvalue weighted by molar-refractivity contribution is 5.74. The van der Waals surface area contributed by atoms with Gasteiger partial charge in [-0.2, -0.15) is 9.97 Å². The van der Waals surface area contributed by atoms with Gasteiger partial charge in [0.2, 0.25) is 12.3 Å². The van der Waals surface area contributed by atoms with E-state index in [2.05, 4.69) is 25.6 Å². The zero-order valence-electron chi connectivity index (χ0n) is 12.5. The Balaban J connectivity index is 1.51. The molecule has 1 saturated heterocycles. The molecule has 1 aliphatic rings. The average molecular weight is 306 g/mol. The Morgan fingerprint density at radius 1 is 1.41 bits per heavy atom. The Labute approximate surface area is 127 Å². The Kier molecular flexibility index (Phi) is 4.03. The van der Waals surface area contributed by atoms with Gasteiger partial charge in [-0.15, -0.1) is 0 Å². The molecule has 0 aliphatic carbocycles. The van der Waals surface area contributed by atoms with Gasteiger partial charge in [0, 0.05) is 19.0 Å². The van der Waals surface area contributed by atoms with Crippen LogP contribution in [-0.4, -0.2) is 44.3 Å². The molecule has 1 N–H and O–H groups in total. The summed E-state index contributed by atoms with van der Waals surface area (Å²) in [6.45, 7) is 4.86. The van der Waals surface area contributed by atoms with E-state index in [1.807, 2.05) is 6.92 Å². The van der Waals surface area contributed by atoms with Gasteiger partial charge in [0.05, 0.1) is 0 Å². The van der Waals surface area contributed by atoms with Gasteiger partial charge in [0.15, 0.2) is 11.6 Å². The Bertz CT molecular complexity index is 618. The van der Waals surface area contributed by atoms with Crippen molar-refractivity contribution in [3.8, 4) is 0 Å². The van der Waals surface area contributed by atoms with Gasteiger partial charge in [-0.3, -0.25) is 0 Å². The molecule has 9 heteroatoms. The molecule has 1 aliphatic heterocycles. The van der Waals surface area contributed by atoms with Crippen LogP contribution < -0.4 is 5.32 Å². The number of amides is 2. The number of urea groups is 1. The highest BCUT2D eigenvalue weighted by Gasteiger charge is 2.27. The van der Waals surface area contributed by atoms with E-state index in [0.29, 0.717) is 24.8 Å². The molecule has 22 heavy (non-hydrogen) atoms. The van der Waals surface area contributed by atoms with Crippen LogP contribution in [0.25, 0.3) is 0 Å². The van der Waals surface area contributed by atoms with Gasteiger partial charge >= 0.3 is 6.03 Å². The van der Waals surface area contributed by atoms with Gasteiger partial charge in [0.1, 0.15) is 6.04 Å². The monoisotopic (exact) mass is 306 g/mol. The molecule has 1 fully saturated rings. The first-order valence-corrected chi connectivity index (χ1v) is 7.25. The number of piperidine rings is 1. The molecule has 118 valence electrons. The molecular weight excluding hydrogens is 288 g/mol. The van der Waals surface area contributed by atoms with E-state index in [1.165, 1.54) is 6.39 Å². The summed E-state index contributed by atoms with van der Waals surface area (Å²) in [7, 11) is 0. The molecule has 0 saturated carbocycles. The second-order valence-corrected chi connectivity index (χ2v) is 5.40. The minimum atomic E-state index is -0.316. The van der Waals surface area contributed by atoms with Crippen LogP contribution in [0.15, 0.2) is 15.4 Å². The fourth-order valence-electron chi connectivity index (χ4n) is 2.53. The van der Waals surface area contributed by atoms with Crippen molar-refractivity contribution in [1.82, 2.24) is 30.5 Å². The van der Waals surface area contributed by atoms with E-state index < -0.39 is 0 Å². The SMILES string of the molecule is Cc1noc(C(C)NC(=O)N2CCC(c3ncon3)CC2)n1. The number of aryl methyl sites for hydroxylation is 1. The smallest absolute Gasteiger partial charge is 0.318 e. The molecule has 0 spiro atoms. The number of aromatic nitrogens is 4. The predicted octanol–water partition coefficient (Wildman–Crippen LogP) is 1.41. The third kappa shape index (κ3) is 3.07. The largest absolute Gasteiger partial charge is 0.343 e. The minimum Gasteiger partial charge on any atom is -0.343 e. The lowest BCUT2D eigenvalue weighted by molar-refractivity contribution is 0.174. The van der Waals surface area contributed by atoms with E-state index in [9.17, 15) is 4.79 Å². The third-order valence-corrected chi connectivity index (χ3v) is 3.78. The van der Waals surface area contributed by atoms with Crippen molar-refractivity contribution < 1.29 is 13.8 Å². The van der Waals surface area contributed by atoms with Gasteiger partial charge in [-0.25, -0.2) is 4.79 Å². The number of hydrogen-bond acceptors (Lipinski definition) is 7. The van der Waals surface area contributed by atoms with Crippen LogP contribution in [0.5, 0.6) is 0 Å². The van der Waals surface area contributed by atoms with Crippen LogP contribution in [0.1, 0.15) is 49.3 Å². The fourth-order valence-corrected chi connectivity index (χ4v) is 2.53. The van der Waals surface area contributed by atoms with Crippen LogP contribution in [0, 0.1) is 6.92 Å². The van der Waals surface area contributed by atoms with E-state index in [1.54, 1.807) is 11.8 Å². The number of rotatable bonds is 3. The molecule has 1 atom stereocenters. The maximum absolute atomic E-state index is 12.3. The normalized spacial score (nSPS) is 17.5. The maximum Gasteiger partial charge on any atom is 0.318 e.